The zero-order valence-electron chi connectivity index (χ0n) is 12.4. The lowest BCUT2D eigenvalue weighted by molar-refractivity contribution is -0.118. The molecule has 2 aliphatic rings. The Morgan fingerprint density at radius 2 is 1.62 bits per heavy atom. The van der Waals surface area contributed by atoms with Gasteiger partial charge in [-0.1, -0.05) is 12.8 Å². The molecule has 0 aliphatic carbocycles. The largest absolute Gasteiger partial charge is 0.356 e. The fourth-order valence-corrected chi connectivity index (χ4v) is 2.99. The van der Waals surface area contributed by atoms with Gasteiger partial charge in [-0.3, -0.25) is 4.79 Å². The molecule has 3 heterocycles. The van der Waals surface area contributed by atoms with E-state index in [-0.39, 0.29) is 0 Å². The lowest BCUT2D eigenvalue weighted by Gasteiger charge is -2.33. The summed E-state index contributed by atoms with van der Waals surface area (Å²) in [6.07, 6.45) is 7.92. The Morgan fingerprint density at radius 3 is 2.29 bits per heavy atom. The van der Waals surface area contributed by atoms with Crippen LogP contribution in [0.15, 0.2) is 12.3 Å². The van der Waals surface area contributed by atoms with Gasteiger partial charge in [0.2, 0.25) is 12.4 Å². The predicted octanol–water partition coefficient (Wildman–Crippen LogP) is 1.14. The van der Waals surface area contributed by atoms with Gasteiger partial charge in [0.15, 0.2) is 0 Å². The molecule has 1 aromatic heterocycles. The maximum Gasteiger partial charge on any atom is 0.227 e. The average molecular weight is 289 g/mol. The lowest BCUT2D eigenvalue weighted by atomic mass is 10.2. The Hall–Kier alpha value is -1.85. The quantitative estimate of drug-likeness (QED) is 0.781. The lowest BCUT2D eigenvalue weighted by Crippen LogP contribution is -2.46. The Balaban J connectivity index is 1.69. The van der Waals surface area contributed by atoms with E-state index in [4.69, 9.17) is 4.98 Å². The van der Waals surface area contributed by atoms with Crippen molar-refractivity contribution < 1.29 is 4.79 Å². The zero-order valence-corrected chi connectivity index (χ0v) is 12.4. The van der Waals surface area contributed by atoms with Crippen molar-refractivity contribution in [1.29, 1.82) is 0 Å². The Labute approximate surface area is 125 Å². The van der Waals surface area contributed by atoms with Crippen molar-refractivity contribution >= 4 is 18.2 Å². The molecule has 1 amide bonds. The summed E-state index contributed by atoms with van der Waals surface area (Å²) in [6, 6.07) is 2.01. The van der Waals surface area contributed by atoms with Crippen molar-refractivity contribution in [1.82, 2.24) is 14.9 Å². The minimum Gasteiger partial charge on any atom is -0.356 e. The molecule has 2 aliphatic heterocycles. The molecule has 3 rings (SSSR count). The molecule has 6 heteroatoms. The monoisotopic (exact) mass is 289 g/mol. The molecule has 1 aromatic rings. The van der Waals surface area contributed by atoms with Crippen LogP contribution < -0.4 is 9.80 Å². The van der Waals surface area contributed by atoms with Crippen molar-refractivity contribution in [3.8, 4) is 0 Å². The third-order valence-electron chi connectivity index (χ3n) is 4.30. The second-order valence-corrected chi connectivity index (χ2v) is 5.74. The van der Waals surface area contributed by atoms with Gasteiger partial charge in [-0.2, -0.15) is 4.98 Å². The zero-order chi connectivity index (χ0) is 14.5. The summed E-state index contributed by atoms with van der Waals surface area (Å²) in [6.45, 7) is 5.30. The van der Waals surface area contributed by atoms with Gasteiger partial charge >= 0.3 is 0 Å². The van der Waals surface area contributed by atoms with E-state index in [9.17, 15) is 4.79 Å². The van der Waals surface area contributed by atoms with Crippen LogP contribution in [0.25, 0.3) is 0 Å². The number of hydrogen-bond acceptors (Lipinski definition) is 5. The Morgan fingerprint density at radius 1 is 0.905 bits per heavy atom. The standard InChI is InChI=1S/C15H23N5O/c21-13-18-9-11-20(12-10-18)15-16-6-5-14(17-15)19-7-3-1-2-4-8-19/h5-6,13H,1-4,7-12H2. The molecule has 0 N–H and O–H groups in total. The molecule has 21 heavy (non-hydrogen) atoms. The van der Waals surface area contributed by atoms with Gasteiger partial charge < -0.3 is 14.7 Å². The first-order chi connectivity index (χ1) is 10.4. The molecule has 0 saturated carbocycles. The summed E-state index contributed by atoms with van der Waals surface area (Å²) in [5.41, 5.74) is 0. The molecule has 2 fully saturated rings. The Kier molecular flexibility index (Phi) is 4.52. The van der Waals surface area contributed by atoms with E-state index in [0.29, 0.717) is 0 Å². The summed E-state index contributed by atoms with van der Waals surface area (Å²) in [4.78, 5) is 26.3. The van der Waals surface area contributed by atoms with Crippen molar-refractivity contribution in [3.05, 3.63) is 12.3 Å². The van der Waals surface area contributed by atoms with Crippen LogP contribution in [0.1, 0.15) is 25.7 Å². The molecule has 6 nitrogen and oxygen atoms in total. The molecule has 0 spiro atoms. The molecule has 2 saturated heterocycles. The van der Waals surface area contributed by atoms with Crippen molar-refractivity contribution in [3.63, 3.8) is 0 Å². The second kappa shape index (κ2) is 6.74. The van der Waals surface area contributed by atoms with E-state index in [0.717, 1.165) is 57.4 Å². The Bertz CT molecular complexity index is 465. The van der Waals surface area contributed by atoms with Crippen molar-refractivity contribution in [2.24, 2.45) is 0 Å². The molecule has 114 valence electrons. The minimum absolute atomic E-state index is 0.751. The third-order valence-corrected chi connectivity index (χ3v) is 4.30. The van der Waals surface area contributed by atoms with Crippen LogP contribution in [-0.4, -0.2) is 60.5 Å². The van der Waals surface area contributed by atoms with Gasteiger partial charge in [0.25, 0.3) is 0 Å². The number of piperazine rings is 1. The number of carbonyl (C=O) groups excluding carboxylic acids is 1. The molecule has 0 unspecified atom stereocenters. The summed E-state index contributed by atoms with van der Waals surface area (Å²) in [5.74, 6) is 1.84. The number of anilines is 2. The SMILES string of the molecule is O=CN1CCN(c2nccc(N3CCCCCC3)n2)CC1. The maximum absolute atomic E-state index is 10.8. The number of amides is 1. The molecule has 0 atom stereocenters. The second-order valence-electron chi connectivity index (χ2n) is 5.74. The summed E-state index contributed by atoms with van der Waals surface area (Å²) < 4.78 is 0. The van der Waals surface area contributed by atoms with E-state index in [1.54, 1.807) is 4.90 Å². The van der Waals surface area contributed by atoms with Crippen LogP contribution in [0.3, 0.4) is 0 Å². The first kappa shape index (κ1) is 14.1. The van der Waals surface area contributed by atoms with Gasteiger partial charge in [-0.15, -0.1) is 0 Å². The fourth-order valence-electron chi connectivity index (χ4n) is 2.99. The molecule has 0 bridgehead atoms. The summed E-state index contributed by atoms with van der Waals surface area (Å²) in [5, 5.41) is 0. The highest BCUT2D eigenvalue weighted by molar-refractivity contribution is 5.49. The van der Waals surface area contributed by atoms with Crippen LogP contribution in [0.2, 0.25) is 0 Å². The van der Waals surface area contributed by atoms with Crippen LogP contribution in [-0.2, 0) is 4.79 Å². The van der Waals surface area contributed by atoms with Gasteiger partial charge in [0.1, 0.15) is 5.82 Å². The van der Waals surface area contributed by atoms with E-state index in [1.165, 1.54) is 25.7 Å². The van der Waals surface area contributed by atoms with Gasteiger partial charge in [0.05, 0.1) is 0 Å². The van der Waals surface area contributed by atoms with Crippen LogP contribution in [0.5, 0.6) is 0 Å². The number of carbonyl (C=O) groups is 1. The van der Waals surface area contributed by atoms with Crippen molar-refractivity contribution in [2.45, 2.75) is 25.7 Å². The van der Waals surface area contributed by atoms with Gasteiger partial charge in [-0.05, 0) is 18.9 Å². The smallest absolute Gasteiger partial charge is 0.227 e. The molecule has 0 radical (unpaired) electrons. The third kappa shape index (κ3) is 3.43. The minimum atomic E-state index is 0.751. The first-order valence-electron chi connectivity index (χ1n) is 7.89. The maximum atomic E-state index is 10.8. The van der Waals surface area contributed by atoms with E-state index in [2.05, 4.69) is 14.8 Å². The van der Waals surface area contributed by atoms with Crippen LogP contribution in [0, 0.1) is 0 Å². The molecular weight excluding hydrogens is 266 g/mol. The van der Waals surface area contributed by atoms with Crippen molar-refractivity contribution in [2.75, 3.05) is 49.1 Å². The number of hydrogen-bond donors (Lipinski definition) is 0. The van der Waals surface area contributed by atoms with E-state index in [1.807, 2.05) is 12.3 Å². The van der Waals surface area contributed by atoms with E-state index >= 15 is 0 Å². The number of nitrogens with zero attached hydrogens (tertiary/aromatic N) is 5. The number of rotatable bonds is 3. The van der Waals surface area contributed by atoms with Crippen LogP contribution in [0.4, 0.5) is 11.8 Å². The highest BCUT2D eigenvalue weighted by Gasteiger charge is 2.19. The molecular formula is C15H23N5O. The highest BCUT2D eigenvalue weighted by Crippen LogP contribution is 2.19. The summed E-state index contributed by atoms with van der Waals surface area (Å²) >= 11 is 0. The topological polar surface area (TPSA) is 52.6 Å². The van der Waals surface area contributed by atoms with Gasteiger partial charge in [-0.25, -0.2) is 4.98 Å². The van der Waals surface area contributed by atoms with E-state index < -0.39 is 0 Å². The van der Waals surface area contributed by atoms with Crippen LogP contribution >= 0.6 is 0 Å². The normalized spacial score (nSPS) is 20.3. The highest BCUT2D eigenvalue weighted by atomic mass is 16.1. The first-order valence-corrected chi connectivity index (χ1v) is 7.89. The molecule has 0 aromatic carbocycles. The summed E-state index contributed by atoms with van der Waals surface area (Å²) in [7, 11) is 0. The number of aromatic nitrogens is 2. The average Bonchev–Trinajstić information content (AvgIpc) is 2.84. The van der Waals surface area contributed by atoms with Gasteiger partial charge in [0, 0.05) is 45.5 Å². The predicted molar refractivity (Wildman–Crippen MR) is 82.6 cm³/mol. The fraction of sp³-hybridized carbons (Fsp3) is 0.667.